The second kappa shape index (κ2) is 4.85. The summed E-state index contributed by atoms with van der Waals surface area (Å²) < 4.78 is 2.44. The van der Waals surface area contributed by atoms with Crippen LogP contribution in [0, 0.1) is 0 Å². The van der Waals surface area contributed by atoms with E-state index in [9.17, 15) is 9.59 Å². The maximum atomic E-state index is 12.2. The molecule has 0 aliphatic heterocycles. The van der Waals surface area contributed by atoms with E-state index in [2.05, 4.69) is 9.97 Å². The van der Waals surface area contributed by atoms with Gasteiger partial charge in [-0.1, -0.05) is 27.7 Å². The molecule has 20 heavy (non-hydrogen) atoms. The summed E-state index contributed by atoms with van der Waals surface area (Å²) in [5.41, 5.74) is 1.49. The summed E-state index contributed by atoms with van der Waals surface area (Å²) in [6.45, 7) is 8.10. The van der Waals surface area contributed by atoms with Crippen molar-refractivity contribution >= 4 is 11.2 Å². The van der Waals surface area contributed by atoms with Gasteiger partial charge in [-0.2, -0.15) is 0 Å². The number of fused-ring (bicyclic) bond motifs is 1. The zero-order valence-corrected chi connectivity index (χ0v) is 12.8. The van der Waals surface area contributed by atoms with Crippen molar-refractivity contribution < 1.29 is 0 Å². The van der Waals surface area contributed by atoms with Gasteiger partial charge in [-0.3, -0.25) is 13.9 Å². The molecule has 0 bridgehead atoms. The van der Waals surface area contributed by atoms with E-state index in [0.29, 0.717) is 5.65 Å². The molecular formula is C14H20N4O2. The fraction of sp³-hybridized carbons (Fsp3) is 0.571. The van der Waals surface area contributed by atoms with E-state index in [1.165, 1.54) is 11.6 Å². The predicted molar refractivity (Wildman–Crippen MR) is 78.2 cm³/mol. The van der Waals surface area contributed by atoms with Crippen molar-refractivity contribution in [1.82, 2.24) is 19.1 Å². The molecule has 0 aliphatic rings. The van der Waals surface area contributed by atoms with Crippen LogP contribution in [0.5, 0.6) is 0 Å². The number of aromatic nitrogens is 4. The molecule has 0 saturated carbocycles. The molecular weight excluding hydrogens is 256 g/mol. The molecule has 6 heteroatoms. The van der Waals surface area contributed by atoms with Gasteiger partial charge in [0.15, 0.2) is 11.2 Å². The summed E-state index contributed by atoms with van der Waals surface area (Å²) in [6, 6.07) is 0. The highest BCUT2D eigenvalue weighted by molar-refractivity contribution is 5.69. The molecule has 0 fully saturated rings. The quantitative estimate of drug-likeness (QED) is 0.828. The van der Waals surface area contributed by atoms with Gasteiger partial charge in [-0.15, -0.1) is 0 Å². The van der Waals surface area contributed by atoms with Crippen LogP contribution in [0.15, 0.2) is 9.59 Å². The van der Waals surface area contributed by atoms with Crippen molar-refractivity contribution in [3.63, 3.8) is 0 Å². The molecule has 2 aromatic heterocycles. The lowest BCUT2D eigenvalue weighted by Crippen LogP contribution is -2.38. The molecule has 0 saturated heterocycles. The molecule has 0 unspecified atom stereocenters. The van der Waals surface area contributed by atoms with Crippen molar-refractivity contribution in [2.45, 2.75) is 39.5 Å². The first-order valence-electron chi connectivity index (χ1n) is 6.73. The van der Waals surface area contributed by atoms with Crippen LogP contribution in [-0.4, -0.2) is 19.1 Å². The standard InChI is InChI=1S/C14H20N4O2/c1-7(2)9-10(8(3)4)16-12-11(15-9)13(19)18(6)14(20)17(12)5/h7-8H,1-6H3. The first kappa shape index (κ1) is 14.4. The molecule has 0 N–H and O–H groups in total. The third-order valence-corrected chi connectivity index (χ3v) is 3.43. The van der Waals surface area contributed by atoms with E-state index in [0.717, 1.165) is 16.0 Å². The third-order valence-electron chi connectivity index (χ3n) is 3.43. The van der Waals surface area contributed by atoms with Gasteiger partial charge >= 0.3 is 5.69 Å². The van der Waals surface area contributed by atoms with Crippen LogP contribution in [-0.2, 0) is 14.1 Å². The summed E-state index contributed by atoms with van der Waals surface area (Å²) >= 11 is 0. The highest BCUT2D eigenvalue weighted by Gasteiger charge is 2.19. The third kappa shape index (κ3) is 2.05. The minimum atomic E-state index is -0.396. The normalized spacial score (nSPS) is 11.8. The molecule has 0 radical (unpaired) electrons. The topological polar surface area (TPSA) is 69.8 Å². The molecule has 6 nitrogen and oxygen atoms in total. The van der Waals surface area contributed by atoms with Gasteiger partial charge in [-0.05, 0) is 11.8 Å². The van der Waals surface area contributed by atoms with Crippen molar-refractivity contribution in [3.8, 4) is 0 Å². The monoisotopic (exact) mass is 276 g/mol. The van der Waals surface area contributed by atoms with Gasteiger partial charge in [0.25, 0.3) is 5.56 Å². The van der Waals surface area contributed by atoms with E-state index in [4.69, 9.17) is 0 Å². The van der Waals surface area contributed by atoms with Crippen LogP contribution < -0.4 is 11.2 Å². The molecule has 0 aromatic carbocycles. The average Bonchev–Trinajstić information content (AvgIpc) is 2.41. The molecule has 0 aliphatic carbocycles. The van der Waals surface area contributed by atoms with Crippen LogP contribution in [0.1, 0.15) is 50.9 Å². The SMILES string of the molecule is CC(C)c1nc2c(=O)n(C)c(=O)n(C)c2nc1C(C)C. The lowest BCUT2D eigenvalue weighted by atomic mass is 10.0. The zero-order valence-electron chi connectivity index (χ0n) is 12.8. The van der Waals surface area contributed by atoms with Crippen LogP contribution >= 0.6 is 0 Å². The van der Waals surface area contributed by atoms with E-state index < -0.39 is 5.56 Å². The van der Waals surface area contributed by atoms with E-state index in [1.54, 1.807) is 7.05 Å². The van der Waals surface area contributed by atoms with Gasteiger partial charge in [-0.25, -0.2) is 14.8 Å². The van der Waals surface area contributed by atoms with Crippen LogP contribution in [0.2, 0.25) is 0 Å². The largest absolute Gasteiger partial charge is 0.332 e. The van der Waals surface area contributed by atoms with Crippen LogP contribution in [0.4, 0.5) is 0 Å². The number of rotatable bonds is 2. The maximum absolute atomic E-state index is 12.2. The van der Waals surface area contributed by atoms with Gasteiger partial charge in [0.05, 0.1) is 11.4 Å². The van der Waals surface area contributed by atoms with Gasteiger partial charge in [0.2, 0.25) is 0 Å². The summed E-state index contributed by atoms with van der Waals surface area (Å²) in [7, 11) is 3.06. The average molecular weight is 276 g/mol. The summed E-state index contributed by atoms with van der Waals surface area (Å²) in [4.78, 5) is 33.2. The molecule has 2 aromatic rings. The Balaban J connectivity index is 3.03. The first-order valence-corrected chi connectivity index (χ1v) is 6.73. The van der Waals surface area contributed by atoms with Gasteiger partial charge < -0.3 is 0 Å². The second-order valence-corrected chi connectivity index (χ2v) is 5.68. The molecule has 2 heterocycles. The Morgan fingerprint density at radius 3 is 1.85 bits per heavy atom. The second-order valence-electron chi connectivity index (χ2n) is 5.68. The molecule has 2 rings (SSSR count). The molecule has 0 atom stereocenters. The minimum absolute atomic E-state index is 0.172. The summed E-state index contributed by atoms with van der Waals surface area (Å²) in [5, 5.41) is 0. The first-order chi connectivity index (χ1) is 9.25. The Labute approximate surface area is 117 Å². The zero-order chi connectivity index (χ0) is 15.2. The number of aryl methyl sites for hydroxylation is 1. The fourth-order valence-electron chi connectivity index (χ4n) is 2.24. The van der Waals surface area contributed by atoms with Gasteiger partial charge in [0, 0.05) is 14.1 Å². The summed E-state index contributed by atoms with van der Waals surface area (Å²) in [5.74, 6) is 0.356. The van der Waals surface area contributed by atoms with Crippen LogP contribution in [0.3, 0.4) is 0 Å². The highest BCUT2D eigenvalue weighted by Crippen LogP contribution is 2.23. The van der Waals surface area contributed by atoms with Crippen molar-refractivity contribution in [2.24, 2.45) is 14.1 Å². The summed E-state index contributed by atoms with van der Waals surface area (Å²) in [6.07, 6.45) is 0. The fourth-order valence-corrected chi connectivity index (χ4v) is 2.24. The van der Waals surface area contributed by atoms with Crippen molar-refractivity contribution in [2.75, 3.05) is 0 Å². The van der Waals surface area contributed by atoms with Gasteiger partial charge in [0.1, 0.15) is 0 Å². The van der Waals surface area contributed by atoms with Crippen molar-refractivity contribution in [1.29, 1.82) is 0 Å². The minimum Gasteiger partial charge on any atom is -0.279 e. The highest BCUT2D eigenvalue weighted by atomic mass is 16.2. The van der Waals surface area contributed by atoms with Crippen molar-refractivity contribution in [3.05, 3.63) is 32.2 Å². The lowest BCUT2D eigenvalue weighted by molar-refractivity contribution is 0.684. The lowest BCUT2D eigenvalue weighted by Gasteiger charge is -2.16. The predicted octanol–water partition coefficient (Wildman–Crippen LogP) is 1.27. The number of nitrogens with zero attached hydrogens (tertiary/aromatic N) is 4. The number of hydrogen-bond acceptors (Lipinski definition) is 4. The number of hydrogen-bond donors (Lipinski definition) is 0. The Morgan fingerprint density at radius 1 is 0.850 bits per heavy atom. The Kier molecular flexibility index (Phi) is 3.50. The van der Waals surface area contributed by atoms with E-state index in [1.807, 2.05) is 27.7 Å². The Bertz CT molecular complexity index is 784. The molecule has 0 amide bonds. The Morgan fingerprint density at radius 2 is 1.35 bits per heavy atom. The molecule has 108 valence electrons. The van der Waals surface area contributed by atoms with E-state index >= 15 is 0 Å². The smallest absolute Gasteiger partial charge is 0.279 e. The van der Waals surface area contributed by atoms with E-state index in [-0.39, 0.29) is 23.0 Å². The van der Waals surface area contributed by atoms with Crippen LogP contribution in [0.25, 0.3) is 11.2 Å². The Hall–Kier alpha value is -1.98. The molecule has 0 spiro atoms. The maximum Gasteiger partial charge on any atom is 0.332 e.